The van der Waals surface area contributed by atoms with E-state index in [-0.39, 0.29) is 11.9 Å². The largest absolute Gasteiger partial charge is 0.353 e. The van der Waals surface area contributed by atoms with E-state index in [1.807, 2.05) is 24.3 Å². The van der Waals surface area contributed by atoms with Gasteiger partial charge in [-0.25, -0.2) is 0 Å². The minimum Gasteiger partial charge on any atom is -0.353 e. The lowest BCUT2D eigenvalue weighted by Crippen LogP contribution is -2.27. The smallest absolute Gasteiger partial charge is 0.220 e. The van der Waals surface area contributed by atoms with Crippen molar-refractivity contribution >= 4 is 16.8 Å². The Labute approximate surface area is 105 Å². The van der Waals surface area contributed by atoms with Crippen LogP contribution in [0.3, 0.4) is 0 Å². The molecule has 90 valence electrons. The molecule has 1 saturated heterocycles. The van der Waals surface area contributed by atoms with Gasteiger partial charge in [0.2, 0.25) is 5.91 Å². The molecular formula is C14H13N3O. The number of nitrogens with one attached hydrogen (secondary N) is 2. The zero-order valence-corrected chi connectivity index (χ0v) is 9.86. The first-order valence-electron chi connectivity index (χ1n) is 6.07. The molecule has 18 heavy (non-hydrogen) atoms. The summed E-state index contributed by atoms with van der Waals surface area (Å²) in [4.78, 5) is 14.3. The molecule has 1 aromatic heterocycles. The van der Waals surface area contributed by atoms with Crippen LogP contribution in [0.1, 0.15) is 24.1 Å². The van der Waals surface area contributed by atoms with Crippen molar-refractivity contribution in [1.82, 2.24) is 10.3 Å². The van der Waals surface area contributed by atoms with E-state index in [9.17, 15) is 10.1 Å². The standard InChI is InChI=1S/C14H13N3O/c15-8-13-11(7-9-5-6-14(18)16-9)10-3-1-2-4-12(10)17-13/h1-4,9,17H,5-7H2,(H,16,18). The highest BCUT2D eigenvalue weighted by Crippen LogP contribution is 2.25. The van der Waals surface area contributed by atoms with E-state index >= 15 is 0 Å². The zero-order valence-electron chi connectivity index (χ0n) is 9.86. The summed E-state index contributed by atoms with van der Waals surface area (Å²) >= 11 is 0. The van der Waals surface area contributed by atoms with Crippen LogP contribution in [0.4, 0.5) is 0 Å². The van der Waals surface area contributed by atoms with Crippen molar-refractivity contribution in [1.29, 1.82) is 5.26 Å². The number of para-hydroxylation sites is 1. The van der Waals surface area contributed by atoms with Gasteiger partial charge in [-0.1, -0.05) is 18.2 Å². The van der Waals surface area contributed by atoms with Gasteiger partial charge < -0.3 is 10.3 Å². The second-order valence-electron chi connectivity index (χ2n) is 4.64. The molecule has 0 saturated carbocycles. The summed E-state index contributed by atoms with van der Waals surface area (Å²) < 4.78 is 0. The van der Waals surface area contributed by atoms with Crippen molar-refractivity contribution in [3.05, 3.63) is 35.5 Å². The van der Waals surface area contributed by atoms with Gasteiger partial charge >= 0.3 is 0 Å². The van der Waals surface area contributed by atoms with E-state index in [2.05, 4.69) is 16.4 Å². The summed E-state index contributed by atoms with van der Waals surface area (Å²) in [5.74, 6) is 0.110. The Morgan fingerprint density at radius 2 is 2.22 bits per heavy atom. The molecule has 1 fully saturated rings. The molecule has 0 bridgehead atoms. The van der Waals surface area contributed by atoms with Crippen molar-refractivity contribution in [2.24, 2.45) is 0 Å². The number of aromatic nitrogens is 1. The number of fused-ring (bicyclic) bond motifs is 1. The van der Waals surface area contributed by atoms with Crippen molar-refractivity contribution in [2.75, 3.05) is 0 Å². The number of carbonyl (C=O) groups is 1. The molecule has 0 radical (unpaired) electrons. The number of rotatable bonds is 2. The number of H-pyrrole nitrogens is 1. The molecule has 4 heteroatoms. The minimum atomic E-state index is 0.110. The third kappa shape index (κ3) is 1.74. The van der Waals surface area contributed by atoms with Gasteiger partial charge in [0.25, 0.3) is 0 Å². The van der Waals surface area contributed by atoms with Gasteiger partial charge in [-0.2, -0.15) is 5.26 Å². The van der Waals surface area contributed by atoms with Gasteiger partial charge in [0.05, 0.1) is 0 Å². The highest BCUT2D eigenvalue weighted by Gasteiger charge is 2.23. The van der Waals surface area contributed by atoms with E-state index in [1.54, 1.807) is 0 Å². The molecule has 1 aliphatic heterocycles. The fourth-order valence-corrected chi connectivity index (χ4v) is 2.58. The molecular weight excluding hydrogens is 226 g/mol. The Bertz CT molecular complexity index is 651. The normalized spacial score (nSPS) is 18.8. The maximum Gasteiger partial charge on any atom is 0.220 e. The summed E-state index contributed by atoms with van der Waals surface area (Å²) in [6, 6.07) is 10.2. The Kier molecular flexibility index (Phi) is 2.52. The van der Waals surface area contributed by atoms with E-state index in [1.165, 1.54) is 0 Å². The van der Waals surface area contributed by atoms with Crippen LogP contribution in [0.2, 0.25) is 0 Å². The Hall–Kier alpha value is -2.28. The molecule has 2 heterocycles. The van der Waals surface area contributed by atoms with Gasteiger partial charge in [0.15, 0.2) is 0 Å². The fourth-order valence-electron chi connectivity index (χ4n) is 2.58. The zero-order chi connectivity index (χ0) is 12.5. The molecule has 1 amide bonds. The van der Waals surface area contributed by atoms with Crippen LogP contribution in [0.25, 0.3) is 10.9 Å². The number of aromatic amines is 1. The van der Waals surface area contributed by atoms with Gasteiger partial charge in [0, 0.05) is 23.4 Å². The Balaban J connectivity index is 2.00. The topological polar surface area (TPSA) is 68.7 Å². The number of nitriles is 1. The van der Waals surface area contributed by atoms with Gasteiger partial charge in [-0.15, -0.1) is 0 Å². The molecule has 2 aromatic rings. The quantitative estimate of drug-likeness (QED) is 0.839. The van der Waals surface area contributed by atoms with E-state index in [0.717, 1.165) is 29.3 Å². The fraction of sp³-hybridized carbons (Fsp3) is 0.286. The first-order valence-corrected chi connectivity index (χ1v) is 6.07. The molecule has 1 aliphatic rings. The summed E-state index contributed by atoms with van der Waals surface area (Å²) in [5.41, 5.74) is 2.60. The second-order valence-corrected chi connectivity index (χ2v) is 4.64. The number of benzene rings is 1. The molecule has 0 aliphatic carbocycles. The van der Waals surface area contributed by atoms with Crippen LogP contribution < -0.4 is 5.32 Å². The third-order valence-corrected chi connectivity index (χ3v) is 3.46. The molecule has 4 nitrogen and oxygen atoms in total. The second kappa shape index (κ2) is 4.19. The van der Waals surface area contributed by atoms with Gasteiger partial charge in [-0.05, 0) is 24.5 Å². The Morgan fingerprint density at radius 3 is 2.94 bits per heavy atom. The summed E-state index contributed by atoms with van der Waals surface area (Å²) in [6.45, 7) is 0. The van der Waals surface area contributed by atoms with Gasteiger partial charge in [0.1, 0.15) is 11.8 Å². The minimum absolute atomic E-state index is 0.110. The van der Waals surface area contributed by atoms with Crippen LogP contribution in [0, 0.1) is 11.3 Å². The SMILES string of the molecule is N#Cc1[nH]c2ccccc2c1CC1CCC(=O)N1. The summed E-state index contributed by atoms with van der Waals surface area (Å²) in [7, 11) is 0. The lowest BCUT2D eigenvalue weighted by atomic mass is 10.0. The van der Waals surface area contributed by atoms with E-state index < -0.39 is 0 Å². The average molecular weight is 239 g/mol. The number of hydrogen-bond donors (Lipinski definition) is 2. The first kappa shape index (κ1) is 10.8. The van der Waals surface area contributed by atoms with Crippen molar-refractivity contribution in [3.8, 4) is 6.07 Å². The highest BCUT2D eigenvalue weighted by atomic mass is 16.1. The number of amides is 1. The highest BCUT2D eigenvalue weighted by molar-refractivity contribution is 5.86. The summed E-state index contributed by atoms with van der Waals surface area (Å²) in [6.07, 6.45) is 2.16. The molecule has 0 spiro atoms. The maximum atomic E-state index is 11.2. The molecule has 3 rings (SSSR count). The molecule has 1 atom stereocenters. The molecule has 1 aromatic carbocycles. The van der Waals surface area contributed by atoms with Gasteiger partial charge in [-0.3, -0.25) is 4.79 Å². The third-order valence-electron chi connectivity index (χ3n) is 3.46. The van der Waals surface area contributed by atoms with Crippen LogP contribution in [0.5, 0.6) is 0 Å². The van der Waals surface area contributed by atoms with Crippen LogP contribution in [-0.2, 0) is 11.2 Å². The van der Waals surface area contributed by atoms with Crippen molar-refractivity contribution < 1.29 is 4.79 Å². The summed E-state index contributed by atoms with van der Waals surface area (Å²) in [5, 5.41) is 13.2. The maximum absolute atomic E-state index is 11.2. The van der Waals surface area contributed by atoms with Crippen LogP contribution >= 0.6 is 0 Å². The first-order chi connectivity index (χ1) is 8.78. The van der Waals surface area contributed by atoms with Crippen molar-refractivity contribution in [3.63, 3.8) is 0 Å². The average Bonchev–Trinajstić information content (AvgIpc) is 2.94. The molecule has 1 unspecified atom stereocenters. The van der Waals surface area contributed by atoms with Crippen LogP contribution in [0.15, 0.2) is 24.3 Å². The lowest BCUT2D eigenvalue weighted by Gasteiger charge is -2.09. The van der Waals surface area contributed by atoms with Crippen LogP contribution in [-0.4, -0.2) is 16.9 Å². The lowest BCUT2D eigenvalue weighted by molar-refractivity contribution is -0.119. The van der Waals surface area contributed by atoms with E-state index in [4.69, 9.17) is 0 Å². The monoisotopic (exact) mass is 239 g/mol. The molecule has 2 N–H and O–H groups in total. The predicted octanol–water partition coefficient (Wildman–Crippen LogP) is 1.86. The van der Waals surface area contributed by atoms with E-state index in [0.29, 0.717) is 12.1 Å². The number of nitrogens with zero attached hydrogens (tertiary/aromatic N) is 1. The number of carbonyl (C=O) groups excluding carboxylic acids is 1. The Morgan fingerprint density at radius 1 is 1.39 bits per heavy atom. The number of hydrogen-bond acceptors (Lipinski definition) is 2. The van der Waals surface area contributed by atoms with Crippen molar-refractivity contribution in [2.45, 2.75) is 25.3 Å². The predicted molar refractivity (Wildman–Crippen MR) is 67.9 cm³/mol.